The van der Waals surface area contributed by atoms with Crippen molar-refractivity contribution in [3.63, 3.8) is 0 Å². The van der Waals surface area contributed by atoms with Gasteiger partial charge in [0, 0.05) is 11.0 Å². The molecular formula is C29H28O. The lowest BCUT2D eigenvalue weighted by molar-refractivity contribution is -0.0714. The van der Waals surface area contributed by atoms with E-state index in [0.717, 1.165) is 24.8 Å². The molecule has 0 aliphatic heterocycles. The fourth-order valence-electron chi connectivity index (χ4n) is 7.81. The molecule has 0 saturated heterocycles. The first kappa shape index (κ1) is 18.1. The zero-order chi connectivity index (χ0) is 20.2. The first-order valence-corrected chi connectivity index (χ1v) is 11.3. The Morgan fingerprint density at radius 2 is 1.07 bits per heavy atom. The van der Waals surface area contributed by atoms with Crippen LogP contribution in [0.15, 0.2) is 91.0 Å². The molecule has 30 heavy (non-hydrogen) atoms. The van der Waals surface area contributed by atoms with Crippen LogP contribution in [-0.4, -0.2) is 5.78 Å². The Morgan fingerprint density at radius 1 is 0.600 bits per heavy atom. The van der Waals surface area contributed by atoms with Crippen LogP contribution in [0.3, 0.4) is 0 Å². The maximum absolute atomic E-state index is 14.0. The number of Topliss-reactive ketones (excluding diaryl/α,β-unsaturated/α-hetero) is 1. The highest BCUT2D eigenvalue weighted by Gasteiger charge is 2.66. The molecule has 4 saturated carbocycles. The first-order chi connectivity index (χ1) is 14.6. The molecule has 4 fully saturated rings. The van der Waals surface area contributed by atoms with Crippen LogP contribution in [0.1, 0.15) is 60.0 Å². The second kappa shape index (κ2) is 6.41. The van der Waals surface area contributed by atoms with Gasteiger partial charge in [-0.25, -0.2) is 0 Å². The lowest BCUT2D eigenvalue weighted by atomic mass is 9.36. The summed E-state index contributed by atoms with van der Waals surface area (Å²) >= 11 is 0. The van der Waals surface area contributed by atoms with Crippen LogP contribution < -0.4 is 0 Å². The summed E-state index contributed by atoms with van der Waals surface area (Å²) in [7, 11) is 0. The van der Waals surface area contributed by atoms with E-state index in [9.17, 15) is 4.79 Å². The van der Waals surface area contributed by atoms with Crippen molar-refractivity contribution in [2.45, 2.75) is 49.4 Å². The Hall–Kier alpha value is -2.67. The summed E-state index contributed by atoms with van der Waals surface area (Å²) in [6.07, 6.45) is 6.70. The Labute approximate surface area is 179 Å². The molecule has 4 bridgehead atoms. The van der Waals surface area contributed by atoms with Crippen LogP contribution in [0.25, 0.3) is 0 Å². The second-order valence-electron chi connectivity index (χ2n) is 10.3. The van der Waals surface area contributed by atoms with Gasteiger partial charge in [0.2, 0.25) is 0 Å². The highest BCUT2D eigenvalue weighted by molar-refractivity contribution is 6.01. The molecule has 3 aromatic carbocycles. The molecule has 0 amide bonds. The highest BCUT2D eigenvalue weighted by atomic mass is 16.1. The van der Waals surface area contributed by atoms with E-state index in [-0.39, 0.29) is 16.2 Å². The molecule has 2 unspecified atom stereocenters. The minimum absolute atomic E-state index is 0.112. The van der Waals surface area contributed by atoms with E-state index >= 15 is 0 Å². The van der Waals surface area contributed by atoms with Gasteiger partial charge in [-0.1, -0.05) is 91.0 Å². The Balaban J connectivity index is 1.53. The van der Waals surface area contributed by atoms with E-state index in [2.05, 4.69) is 60.7 Å². The van der Waals surface area contributed by atoms with E-state index in [1.807, 2.05) is 30.3 Å². The zero-order valence-electron chi connectivity index (χ0n) is 17.4. The summed E-state index contributed by atoms with van der Waals surface area (Å²) in [5.74, 6) is 1.00. The molecule has 0 N–H and O–H groups in total. The van der Waals surface area contributed by atoms with Crippen molar-refractivity contribution < 1.29 is 4.79 Å². The van der Waals surface area contributed by atoms with E-state index < -0.39 is 0 Å². The smallest absolute Gasteiger partial charge is 0.169 e. The third-order valence-corrected chi connectivity index (χ3v) is 8.36. The van der Waals surface area contributed by atoms with Gasteiger partial charge in [0.25, 0.3) is 0 Å². The molecule has 0 heterocycles. The summed E-state index contributed by atoms with van der Waals surface area (Å²) in [6, 6.07) is 32.2. The van der Waals surface area contributed by atoms with Gasteiger partial charge in [-0.15, -0.1) is 0 Å². The van der Waals surface area contributed by atoms with Crippen molar-refractivity contribution in [3.05, 3.63) is 108 Å². The largest absolute Gasteiger partial charge is 0.294 e. The van der Waals surface area contributed by atoms with Crippen LogP contribution >= 0.6 is 0 Å². The topological polar surface area (TPSA) is 17.1 Å². The fraction of sp³-hybridized carbons (Fsp3) is 0.345. The van der Waals surface area contributed by atoms with Crippen LogP contribution in [-0.2, 0) is 10.8 Å². The van der Waals surface area contributed by atoms with Crippen LogP contribution in [0.5, 0.6) is 0 Å². The molecule has 4 aliphatic rings. The molecule has 0 spiro atoms. The van der Waals surface area contributed by atoms with Crippen molar-refractivity contribution in [2.75, 3.05) is 0 Å². The summed E-state index contributed by atoms with van der Waals surface area (Å²) in [5, 5.41) is 0. The fourth-order valence-corrected chi connectivity index (χ4v) is 7.81. The predicted molar refractivity (Wildman–Crippen MR) is 121 cm³/mol. The normalized spacial score (nSPS) is 34.1. The lowest BCUT2D eigenvalue weighted by Gasteiger charge is -2.66. The monoisotopic (exact) mass is 392 g/mol. The Kier molecular flexibility index (Phi) is 3.87. The van der Waals surface area contributed by atoms with Gasteiger partial charge in [0.15, 0.2) is 5.78 Å². The van der Waals surface area contributed by atoms with Crippen LogP contribution in [0.4, 0.5) is 0 Å². The van der Waals surface area contributed by atoms with Gasteiger partial charge >= 0.3 is 0 Å². The van der Waals surface area contributed by atoms with Crippen molar-refractivity contribution in [1.82, 2.24) is 0 Å². The average molecular weight is 393 g/mol. The van der Waals surface area contributed by atoms with Gasteiger partial charge in [0.1, 0.15) is 0 Å². The molecule has 1 nitrogen and oxygen atoms in total. The molecule has 7 rings (SSSR count). The van der Waals surface area contributed by atoms with E-state index in [1.54, 1.807) is 0 Å². The highest BCUT2D eigenvalue weighted by Crippen LogP contribution is 2.71. The van der Waals surface area contributed by atoms with Crippen molar-refractivity contribution in [2.24, 2.45) is 11.3 Å². The summed E-state index contributed by atoms with van der Waals surface area (Å²) in [5.41, 5.74) is 3.76. The van der Waals surface area contributed by atoms with Gasteiger partial charge in [-0.05, 0) is 66.4 Å². The predicted octanol–water partition coefficient (Wildman–Crippen LogP) is 6.73. The third-order valence-electron chi connectivity index (χ3n) is 8.36. The van der Waals surface area contributed by atoms with E-state index in [1.165, 1.54) is 30.4 Å². The number of rotatable bonds is 4. The van der Waals surface area contributed by atoms with Crippen molar-refractivity contribution in [3.8, 4) is 0 Å². The Bertz CT molecular complexity index is 1010. The maximum Gasteiger partial charge on any atom is 0.169 e. The second-order valence-corrected chi connectivity index (χ2v) is 10.3. The lowest BCUT2D eigenvalue weighted by Crippen LogP contribution is -2.62. The molecule has 0 aromatic heterocycles. The summed E-state index contributed by atoms with van der Waals surface area (Å²) in [6.45, 7) is 0. The molecule has 2 atom stereocenters. The van der Waals surface area contributed by atoms with E-state index in [4.69, 9.17) is 0 Å². The van der Waals surface area contributed by atoms with Crippen molar-refractivity contribution >= 4 is 5.78 Å². The van der Waals surface area contributed by atoms with Gasteiger partial charge in [-0.2, -0.15) is 0 Å². The van der Waals surface area contributed by atoms with Crippen LogP contribution in [0.2, 0.25) is 0 Å². The first-order valence-electron chi connectivity index (χ1n) is 11.3. The molecule has 4 aliphatic carbocycles. The molecule has 1 heteroatoms. The standard InChI is InChI=1S/C29H28O/c30-26(23-10-4-1-5-11-23)29-18-22-16-27(20-29,24-12-6-2-7-13-24)19-28(17-22,21-29)25-14-8-3-9-15-25/h1-15,22H,16-21H2. The number of ketones is 1. The SMILES string of the molecule is O=C(c1ccccc1)C12CC3CC(c4ccccc4)(C1)CC(c1ccccc1)(C3)C2. The number of hydrogen-bond acceptors (Lipinski definition) is 1. The molecule has 150 valence electrons. The summed E-state index contributed by atoms with van der Waals surface area (Å²) in [4.78, 5) is 14.0. The molecule has 3 aromatic rings. The van der Waals surface area contributed by atoms with Crippen LogP contribution in [0, 0.1) is 11.3 Å². The molecule has 0 radical (unpaired) electrons. The van der Waals surface area contributed by atoms with Gasteiger partial charge in [-0.3, -0.25) is 4.79 Å². The number of carbonyl (C=O) groups is 1. The minimum atomic E-state index is -0.244. The number of benzene rings is 3. The third kappa shape index (κ3) is 2.57. The van der Waals surface area contributed by atoms with E-state index in [0.29, 0.717) is 11.7 Å². The minimum Gasteiger partial charge on any atom is -0.294 e. The molecular weight excluding hydrogens is 364 g/mol. The quantitative estimate of drug-likeness (QED) is 0.450. The summed E-state index contributed by atoms with van der Waals surface area (Å²) < 4.78 is 0. The van der Waals surface area contributed by atoms with Gasteiger partial charge < -0.3 is 0 Å². The average Bonchev–Trinajstić information content (AvgIpc) is 2.79. The zero-order valence-corrected chi connectivity index (χ0v) is 17.4. The number of carbonyl (C=O) groups excluding carboxylic acids is 1. The van der Waals surface area contributed by atoms with Crippen molar-refractivity contribution in [1.29, 1.82) is 0 Å². The Morgan fingerprint density at radius 3 is 1.57 bits per heavy atom. The number of hydrogen-bond donors (Lipinski definition) is 0. The maximum atomic E-state index is 14.0. The van der Waals surface area contributed by atoms with Gasteiger partial charge in [0.05, 0.1) is 0 Å².